The second-order valence-electron chi connectivity index (χ2n) is 2.48. The minimum Gasteiger partial charge on any atom is -0.461 e. The van der Waals surface area contributed by atoms with Crippen molar-refractivity contribution in [2.45, 2.75) is 0 Å². The highest BCUT2D eigenvalue weighted by Gasteiger charge is 2.17. The van der Waals surface area contributed by atoms with Gasteiger partial charge in [0.05, 0.1) is 0 Å². The molecule has 1 aromatic heterocycles. The van der Waals surface area contributed by atoms with E-state index < -0.39 is 0 Å². The van der Waals surface area contributed by atoms with Crippen LogP contribution >= 0.6 is 11.3 Å². The number of hydrogen-bond acceptors (Lipinski definition) is 4. The van der Waals surface area contributed by atoms with Gasteiger partial charge in [0.15, 0.2) is 0 Å². The van der Waals surface area contributed by atoms with Gasteiger partial charge in [0, 0.05) is 5.56 Å². The number of nitriles is 1. The number of rotatable bonds is 1. The molecule has 1 saturated heterocycles. The van der Waals surface area contributed by atoms with Crippen molar-refractivity contribution in [1.29, 1.82) is 5.26 Å². The zero-order chi connectivity index (χ0) is 9.10. The first-order chi connectivity index (χ1) is 6.42. The van der Waals surface area contributed by atoms with Crippen molar-refractivity contribution < 1.29 is 9.47 Å². The van der Waals surface area contributed by atoms with E-state index in [0.717, 1.165) is 5.56 Å². The van der Waals surface area contributed by atoms with Gasteiger partial charge in [-0.2, -0.15) is 16.6 Å². The predicted molar refractivity (Wildman–Crippen MR) is 48.8 cm³/mol. The molecule has 0 aromatic carbocycles. The van der Waals surface area contributed by atoms with Crippen molar-refractivity contribution in [3.8, 4) is 6.07 Å². The van der Waals surface area contributed by atoms with E-state index >= 15 is 0 Å². The average Bonchev–Trinajstić information content (AvgIpc) is 2.76. The van der Waals surface area contributed by atoms with E-state index in [1.54, 1.807) is 11.3 Å². The highest BCUT2D eigenvalue weighted by molar-refractivity contribution is 7.08. The summed E-state index contributed by atoms with van der Waals surface area (Å²) >= 11 is 1.55. The Bertz CT molecular complexity index is 353. The van der Waals surface area contributed by atoms with Crippen molar-refractivity contribution in [3.05, 3.63) is 28.3 Å². The zero-order valence-corrected chi connectivity index (χ0v) is 7.63. The SMILES string of the molecule is N#CC(=C1OCCO1)c1ccsc1. The Labute approximate surface area is 79.8 Å². The molecule has 4 heteroatoms. The summed E-state index contributed by atoms with van der Waals surface area (Å²) in [7, 11) is 0. The fourth-order valence-corrected chi connectivity index (χ4v) is 1.74. The maximum atomic E-state index is 8.90. The smallest absolute Gasteiger partial charge is 0.298 e. The molecule has 0 aliphatic carbocycles. The third-order valence-electron chi connectivity index (χ3n) is 1.68. The van der Waals surface area contributed by atoms with Crippen molar-refractivity contribution in [2.24, 2.45) is 0 Å². The molecule has 1 fully saturated rings. The summed E-state index contributed by atoms with van der Waals surface area (Å²) in [5.41, 5.74) is 1.35. The van der Waals surface area contributed by atoms with Crippen LogP contribution in [0.5, 0.6) is 0 Å². The minimum atomic E-state index is 0.362. The second kappa shape index (κ2) is 3.50. The van der Waals surface area contributed by atoms with Crippen LogP contribution in [0, 0.1) is 11.3 Å². The lowest BCUT2D eigenvalue weighted by Crippen LogP contribution is -1.88. The molecule has 1 aliphatic rings. The molecule has 66 valence electrons. The van der Waals surface area contributed by atoms with Gasteiger partial charge in [0.25, 0.3) is 5.95 Å². The summed E-state index contributed by atoms with van der Waals surface area (Å²) in [6.07, 6.45) is 0. The standard InChI is InChI=1S/C9H7NO2S/c10-5-8(7-1-4-13-6-7)9-11-2-3-12-9/h1,4,6H,2-3H2. The van der Waals surface area contributed by atoms with Gasteiger partial charge in [0.1, 0.15) is 24.9 Å². The van der Waals surface area contributed by atoms with E-state index in [2.05, 4.69) is 6.07 Å². The lowest BCUT2D eigenvalue weighted by molar-refractivity contribution is 0.179. The average molecular weight is 193 g/mol. The quantitative estimate of drug-likeness (QED) is 0.640. The molecule has 0 saturated carbocycles. The van der Waals surface area contributed by atoms with E-state index in [1.807, 2.05) is 16.8 Å². The summed E-state index contributed by atoms with van der Waals surface area (Å²) in [5, 5.41) is 12.7. The molecule has 0 amide bonds. The molecule has 0 radical (unpaired) electrons. The maximum Gasteiger partial charge on any atom is 0.298 e. The summed E-state index contributed by atoms with van der Waals surface area (Å²) in [6, 6.07) is 3.96. The maximum absolute atomic E-state index is 8.90. The van der Waals surface area contributed by atoms with Gasteiger partial charge in [-0.25, -0.2) is 0 Å². The third kappa shape index (κ3) is 1.51. The Morgan fingerprint density at radius 3 is 2.77 bits per heavy atom. The molecule has 2 heterocycles. The van der Waals surface area contributed by atoms with Crippen LogP contribution < -0.4 is 0 Å². The van der Waals surface area contributed by atoms with Crippen LogP contribution in [0.1, 0.15) is 5.56 Å². The monoisotopic (exact) mass is 193 g/mol. The Morgan fingerprint density at radius 1 is 1.46 bits per heavy atom. The second-order valence-corrected chi connectivity index (χ2v) is 3.26. The molecule has 0 bridgehead atoms. The molecule has 2 rings (SSSR count). The van der Waals surface area contributed by atoms with Gasteiger partial charge < -0.3 is 9.47 Å². The van der Waals surface area contributed by atoms with Crippen LogP contribution in [0.2, 0.25) is 0 Å². The Kier molecular flexibility index (Phi) is 2.19. The Morgan fingerprint density at radius 2 is 2.23 bits per heavy atom. The zero-order valence-electron chi connectivity index (χ0n) is 6.82. The first-order valence-electron chi connectivity index (χ1n) is 3.84. The number of ether oxygens (including phenoxy) is 2. The van der Waals surface area contributed by atoms with Crippen LogP contribution in [0.25, 0.3) is 5.57 Å². The summed E-state index contributed by atoms with van der Waals surface area (Å²) in [5.74, 6) is 0.362. The molecule has 3 nitrogen and oxygen atoms in total. The van der Waals surface area contributed by atoms with Crippen molar-refractivity contribution >= 4 is 16.9 Å². The highest BCUT2D eigenvalue weighted by atomic mass is 32.1. The molecular weight excluding hydrogens is 186 g/mol. The summed E-state index contributed by atoms with van der Waals surface area (Å²) in [4.78, 5) is 0. The molecule has 1 aliphatic heterocycles. The molecule has 0 unspecified atom stereocenters. The van der Waals surface area contributed by atoms with Gasteiger partial charge in [-0.05, 0) is 16.8 Å². The fraction of sp³-hybridized carbons (Fsp3) is 0.222. The van der Waals surface area contributed by atoms with Gasteiger partial charge >= 0.3 is 0 Å². The first kappa shape index (κ1) is 8.14. The topological polar surface area (TPSA) is 42.2 Å². The van der Waals surface area contributed by atoms with Gasteiger partial charge in [-0.1, -0.05) is 0 Å². The van der Waals surface area contributed by atoms with E-state index in [4.69, 9.17) is 14.7 Å². The minimum absolute atomic E-state index is 0.362. The van der Waals surface area contributed by atoms with E-state index in [1.165, 1.54) is 0 Å². The lowest BCUT2D eigenvalue weighted by atomic mass is 10.2. The summed E-state index contributed by atoms with van der Waals surface area (Å²) in [6.45, 7) is 1.06. The van der Waals surface area contributed by atoms with Gasteiger partial charge in [-0.3, -0.25) is 0 Å². The fourth-order valence-electron chi connectivity index (χ4n) is 1.09. The van der Waals surface area contributed by atoms with E-state index in [0.29, 0.717) is 24.7 Å². The lowest BCUT2D eigenvalue weighted by Gasteiger charge is -1.99. The first-order valence-corrected chi connectivity index (χ1v) is 4.78. The van der Waals surface area contributed by atoms with Crippen LogP contribution in [0.15, 0.2) is 22.8 Å². The Balaban J connectivity index is 2.39. The normalized spacial score (nSPS) is 14.5. The molecule has 0 N–H and O–H groups in total. The van der Waals surface area contributed by atoms with E-state index in [-0.39, 0.29) is 0 Å². The molecule has 0 atom stereocenters. The molecular formula is C9H7NO2S. The van der Waals surface area contributed by atoms with Crippen molar-refractivity contribution in [3.63, 3.8) is 0 Å². The number of nitrogens with zero attached hydrogens (tertiary/aromatic N) is 1. The van der Waals surface area contributed by atoms with E-state index in [9.17, 15) is 0 Å². The predicted octanol–water partition coefficient (Wildman–Crippen LogP) is 1.99. The van der Waals surface area contributed by atoms with Gasteiger partial charge in [0.2, 0.25) is 0 Å². The molecule has 1 aromatic rings. The number of allylic oxidation sites excluding steroid dienone is 1. The highest BCUT2D eigenvalue weighted by Crippen LogP contribution is 2.24. The van der Waals surface area contributed by atoms with Crippen molar-refractivity contribution in [2.75, 3.05) is 13.2 Å². The van der Waals surface area contributed by atoms with Crippen molar-refractivity contribution in [1.82, 2.24) is 0 Å². The van der Waals surface area contributed by atoms with Gasteiger partial charge in [-0.15, -0.1) is 0 Å². The number of hydrogen-bond donors (Lipinski definition) is 0. The molecule has 0 spiro atoms. The summed E-state index contributed by atoms with van der Waals surface area (Å²) < 4.78 is 10.3. The number of thiophene rings is 1. The molecule has 13 heavy (non-hydrogen) atoms. The largest absolute Gasteiger partial charge is 0.461 e. The van der Waals surface area contributed by atoms with Crippen LogP contribution in [-0.4, -0.2) is 13.2 Å². The van der Waals surface area contributed by atoms with Crippen LogP contribution in [0.4, 0.5) is 0 Å². The third-order valence-corrected chi connectivity index (χ3v) is 2.36. The Hall–Kier alpha value is -1.47. The van der Waals surface area contributed by atoms with Crippen LogP contribution in [0.3, 0.4) is 0 Å². The van der Waals surface area contributed by atoms with Crippen LogP contribution in [-0.2, 0) is 9.47 Å².